The summed E-state index contributed by atoms with van der Waals surface area (Å²) in [5.41, 5.74) is 0.919. The maximum atomic E-state index is 12.6. The van der Waals surface area contributed by atoms with Crippen molar-refractivity contribution in [1.82, 2.24) is 20.1 Å². The van der Waals surface area contributed by atoms with Crippen LogP contribution in [-0.2, 0) is 11.3 Å². The van der Waals surface area contributed by atoms with Crippen molar-refractivity contribution in [3.05, 3.63) is 76.6 Å². The Morgan fingerprint density at radius 1 is 1.21 bits per heavy atom. The summed E-state index contributed by atoms with van der Waals surface area (Å²) >= 11 is 13.2. The molecule has 0 fully saturated rings. The molecule has 3 rings (SSSR count). The van der Waals surface area contributed by atoms with E-state index in [1.54, 1.807) is 60.0 Å². The van der Waals surface area contributed by atoms with Gasteiger partial charge in [0.25, 0.3) is 5.91 Å². The number of anilines is 1. The molecule has 2 aromatic carbocycles. The van der Waals surface area contributed by atoms with Crippen LogP contribution in [0.15, 0.2) is 60.3 Å². The molecule has 0 unspecified atom stereocenters. The molecule has 2 amide bonds. The number of hydrogen-bond donors (Lipinski definition) is 2. The van der Waals surface area contributed by atoms with E-state index in [-0.39, 0.29) is 17.6 Å². The van der Waals surface area contributed by atoms with Crippen molar-refractivity contribution in [2.45, 2.75) is 24.7 Å². The normalized spacial score (nSPS) is 11.5. The number of ether oxygens (including phenoxy) is 1. The number of carbonyl (C=O) groups is 2. The second kappa shape index (κ2) is 11.9. The fraction of sp³-hybridized carbons (Fsp3) is 0.217. The summed E-state index contributed by atoms with van der Waals surface area (Å²) < 4.78 is 7.05. The summed E-state index contributed by atoms with van der Waals surface area (Å²) in [5.74, 6) is 0.572. The van der Waals surface area contributed by atoms with Gasteiger partial charge in [0.1, 0.15) is 5.75 Å². The van der Waals surface area contributed by atoms with E-state index in [0.717, 1.165) is 0 Å². The molecular weight excluding hydrogens is 497 g/mol. The first-order valence-corrected chi connectivity index (χ1v) is 11.9. The van der Waals surface area contributed by atoms with Gasteiger partial charge < -0.3 is 19.9 Å². The molecule has 0 aliphatic rings. The lowest BCUT2D eigenvalue weighted by Crippen LogP contribution is -2.28. The molecule has 2 N–H and O–H groups in total. The Morgan fingerprint density at radius 2 is 1.97 bits per heavy atom. The quantitative estimate of drug-likeness (QED) is 0.288. The zero-order valence-corrected chi connectivity index (χ0v) is 20.9. The topological polar surface area (TPSA) is 98.1 Å². The number of rotatable bonds is 10. The predicted molar refractivity (Wildman–Crippen MR) is 135 cm³/mol. The molecule has 11 heteroatoms. The SMILES string of the molecule is C=CCn1c(SCC(=O)Nc2cc(Cl)ccc2OC)nnc1[C@H](C)NC(=O)c1cccc(Cl)c1. The van der Waals surface area contributed by atoms with Crippen molar-refractivity contribution in [2.75, 3.05) is 18.2 Å². The lowest BCUT2D eigenvalue weighted by atomic mass is 10.2. The smallest absolute Gasteiger partial charge is 0.251 e. The highest BCUT2D eigenvalue weighted by molar-refractivity contribution is 7.99. The van der Waals surface area contributed by atoms with Crippen LogP contribution >= 0.6 is 35.0 Å². The lowest BCUT2D eigenvalue weighted by molar-refractivity contribution is -0.113. The van der Waals surface area contributed by atoms with Gasteiger partial charge in [0, 0.05) is 22.2 Å². The van der Waals surface area contributed by atoms with Gasteiger partial charge in [-0.1, -0.05) is 47.1 Å². The third-order valence-corrected chi connectivity index (χ3v) is 6.08. The summed E-state index contributed by atoms with van der Waals surface area (Å²) in [6.45, 7) is 5.99. The molecule has 34 heavy (non-hydrogen) atoms. The molecule has 0 saturated carbocycles. The highest BCUT2D eigenvalue weighted by atomic mass is 35.5. The largest absolute Gasteiger partial charge is 0.495 e. The zero-order valence-electron chi connectivity index (χ0n) is 18.5. The van der Waals surface area contributed by atoms with Crippen LogP contribution in [0.3, 0.4) is 0 Å². The molecule has 8 nitrogen and oxygen atoms in total. The van der Waals surface area contributed by atoms with Gasteiger partial charge in [0.15, 0.2) is 11.0 Å². The molecular formula is C23H23Cl2N5O3S. The van der Waals surface area contributed by atoms with Gasteiger partial charge in [-0.15, -0.1) is 16.8 Å². The summed E-state index contributed by atoms with van der Waals surface area (Å²) in [4.78, 5) is 25.1. The highest BCUT2D eigenvalue weighted by Gasteiger charge is 2.21. The molecule has 0 aliphatic carbocycles. The molecule has 0 aliphatic heterocycles. The maximum Gasteiger partial charge on any atom is 0.251 e. The number of nitrogens with zero attached hydrogens (tertiary/aromatic N) is 3. The number of aromatic nitrogens is 3. The van der Waals surface area contributed by atoms with E-state index >= 15 is 0 Å². The van der Waals surface area contributed by atoms with Gasteiger partial charge in [-0.25, -0.2) is 0 Å². The van der Waals surface area contributed by atoms with Crippen LogP contribution in [0, 0.1) is 0 Å². The van der Waals surface area contributed by atoms with Gasteiger partial charge in [0.05, 0.1) is 24.6 Å². The number of halogens is 2. The molecule has 0 spiro atoms. The van der Waals surface area contributed by atoms with Crippen LogP contribution in [0.5, 0.6) is 5.75 Å². The Kier molecular flexibility index (Phi) is 8.98. The fourth-order valence-corrected chi connectivity index (χ4v) is 4.21. The Morgan fingerprint density at radius 3 is 2.68 bits per heavy atom. The molecule has 0 saturated heterocycles. The van der Waals surface area contributed by atoms with Crippen molar-refractivity contribution in [1.29, 1.82) is 0 Å². The number of amides is 2. The second-order valence-electron chi connectivity index (χ2n) is 7.13. The van der Waals surface area contributed by atoms with Crippen molar-refractivity contribution in [3.8, 4) is 5.75 Å². The minimum Gasteiger partial charge on any atom is -0.495 e. The third-order valence-electron chi connectivity index (χ3n) is 4.65. The summed E-state index contributed by atoms with van der Waals surface area (Å²) in [7, 11) is 1.51. The number of hydrogen-bond acceptors (Lipinski definition) is 6. The average Bonchev–Trinajstić information content (AvgIpc) is 3.21. The molecule has 3 aromatic rings. The van der Waals surface area contributed by atoms with E-state index in [1.807, 2.05) is 0 Å². The molecule has 178 valence electrons. The Bertz CT molecular complexity index is 1200. The monoisotopic (exact) mass is 519 g/mol. The maximum absolute atomic E-state index is 12.6. The minimum absolute atomic E-state index is 0.0776. The van der Waals surface area contributed by atoms with E-state index < -0.39 is 6.04 Å². The summed E-state index contributed by atoms with van der Waals surface area (Å²) in [5, 5.41) is 15.6. The number of thioether (sulfide) groups is 1. The molecule has 0 radical (unpaired) electrons. The number of methoxy groups -OCH3 is 1. The van der Waals surface area contributed by atoms with Gasteiger partial charge in [-0.05, 0) is 43.3 Å². The Labute approximate surface area is 211 Å². The lowest BCUT2D eigenvalue weighted by Gasteiger charge is -2.15. The van der Waals surface area contributed by atoms with E-state index in [2.05, 4.69) is 27.4 Å². The molecule has 1 heterocycles. The van der Waals surface area contributed by atoms with Gasteiger partial charge in [0.2, 0.25) is 5.91 Å². The summed E-state index contributed by atoms with van der Waals surface area (Å²) in [6.07, 6.45) is 1.69. The van der Waals surface area contributed by atoms with Crippen LogP contribution in [0.4, 0.5) is 5.69 Å². The first-order valence-electron chi connectivity index (χ1n) is 10.2. The standard InChI is InChI=1S/C23H23Cl2N5O3S/c1-4-10-30-21(14(2)26-22(32)15-6-5-7-16(24)11-15)28-29-23(30)34-13-20(31)27-18-12-17(25)8-9-19(18)33-3/h4-9,11-12,14H,1,10,13H2,2-3H3,(H,26,32)(H,27,31)/t14-/m0/s1. The Hall–Kier alpha value is -3.01. The van der Waals surface area contributed by atoms with E-state index in [4.69, 9.17) is 27.9 Å². The average molecular weight is 520 g/mol. The number of benzene rings is 2. The number of allylic oxidation sites excluding steroid dienone is 1. The number of nitrogens with one attached hydrogen (secondary N) is 2. The van der Waals surface area contributed by atoms with Gasteiger partial charge in [-0.2, -0.15) is 0 Å². The van der Waals surface area contributed by atoms with Crippen LogP contribution in [-0.4, -0.2) is 39.4 Å². The van der Waals surface area contributed by atoms with Crippen LogP contribution < -0.4 is 15.4 Å². The van der Waals surface area contributed by atoms with E-state index in [1.165, 1.54) is 18.9 Å². The zero-order chi connectivity index (χ0) is 24.7. The van der Waals surface area contributed by atoms with Crippen LogP contribution in [0.2, 0.25) is 10.0 Å². The van der Waals surface area contributed by atoms with Crippen LogP contribution in [0.25, 0.3) is 0 Å². The van der Waals surface area contributed by atoms with Gasteiger partial charge >= 0.3 is 0 Å². The van der Waals surface area contributed by atoms with Crippen molar-refractivity contribution < 1.29 is 14.3 Å². The van der Waals surface area contributed by atoms with Crippen molar-refractivity contribution in [2.24, 2.45) is 0 Å². The molecule has 1 atom stereocenters. The van der Waals surface area contributed by atoms with Crippen LogP contribution in [0.1, 0.15) is 29.1 Å². The third kappa shape index (κ3) is 6.53. The first-order chi connectivity index (χ1) is 16.3. The summed E-state index contributed by atoms with van der Waals surface area (Å²) in [6, 6.07) is 11.2. The second-order valence-corrected chi connectivity index (χ2v) is 8.94. The van der Waals surface area contributed by atoms with Crippen molar-refractivity contribution in [3.63, 3.8) is 0 Å². The minimum atomic E-state index is -0.446. The molecule has 0 bridgehead atoms. The van der Waals surface area contributed by atoms with Crippen molar-refractivity contribution >= 4 is 52.5 Å². The highest BCUT2D eigenvalue weighted by Crippen LogP contribution is 2.28. The molecule has 1 aromatic heterocycles. The predicted octanol–water partition coefficient (Wildman–Crippen LogP) is 5.00. The van der Waals surface area contributed by atoms with E-state index in [0.29, 0.717) is 44.6 Å². The Balaban J connectivity index is 1.68. The first kappa shape index (κ1) is 25.6. The number of carbonyl (C=O) groups excluding carboxylic acids is 2. The van der Waals surface area contributed by atoms with Gasteiger partial charge in [-0.3, -0.25) is 9.59 Å². The van der Waals surface area contributed by atoms with E-state index in [9.17, 15) is 9.59 Å². The fourth-order valence-electron chi connectivity index (χ4n) is 3.10.